The number of carbonyl (C=O) groups excluding carboxylic acids is 1. The highest BCUT2D eigenvalue weighted by molar-refractivity contribution is 7.90. The van der Waals surface area contributed by atoms with Crippen molar-refractivity contribution in [1.29, 1.82) is 0 Å². The molecule has 1 heterocycles. The van der Waals surface area contributed by atoms with Crippen molar-refractivity contribution in [2.24, 2.45) is 0 Å². The third-order valence-electron chi connectivity index (χ3n) is 3.35. The molecule has 1 aromatic heterocycles. The summed E-state index contributed by atoms with van der Waals surface area (Å²) in [7, 11) is -3.39. The number of aromatic nitrogens is 3. The van der Waals surface area contributed by atoms with E-state index in [-0.39, 0.29) is 22.2 Å². The molecule has 1 N–H and O–H groups in total. The molecule has 24 heavy (non-hydrogen) atoms. The van der Waals surface area contributed by atoms with Crippen molar-refractivity contribution in [1.82, 2.24) is 15.0 Å². The number of rotatable bonds is 4. The van der Waals surface area contributed by atoms with Gasteiger partial charge in [-0.1, -0.05) is 28.9 Å². The Bertz CT molecular complexity index is 1030. The Hall–Kier alpha value is -2.45. The van der Waals surface area contributed by atoms with Gasteiger partial charge in [-0.05, 0) is 30.3 Å². The normalized spacial score (nSPS) is 11.6. The van der Waals surface area contributed by atoms with Crippen LogP contribution in [0, 0.1) is 0 Å². The predicted molar refractivity (Wildman–Crippen MR) is 90.7 cm³/mol. The SMILES string of the molecule is CS(=O)(=O)c1ccc(Cl)c(NC(=O)Cn2nnc3ccccc32)c1. The Balaban J connectivity index is 1.82. The summed E-state index contributed by atoms with van der Waals surface area (Å²) in [6.45, 7) is -0.0695. The fourth-order valence-electron chi connectivity index (χ4n) is 2.19. The lowest BCUT2D eigenvalue weighted by molar-refractivity contribution is -0.116. The molecular weight excluding hydrogens is 352 g/mol. The molecule has 0 radical (unpaired) electrons. The molecule has 124 valence electrons. The monoisotopic (exact) mass is 364 g/mol. The third-order valence-corrected chi connectivity index (χ3v) is 4.79. The van der Waals surface area contributed by atoms with Crippen LogP contribution in [0.1, 0.15) is 0 Å². The Morgan fingerprint density at radius 2 is 2.00 bits per heavy atom. The van der Waals surface area contributed by atoms with Crippen LogP contribution in [0.3, 0.4) is 0 Å². The van der Waals surface area contributed by atoms with Crippen molar-refractivity contribution >= 4 is 44.1 Å². The first-order valence-electron chi connectivity index (χ1n) is 6.92. The van der Waals surface area contributed by atoms with E-state index in [4.69, 9.17) is 11.6 Å². The predicted octanol–water partition coefficient (Wildman–Crippen LogP) is 2.13. The summed E-state index contributed by atoms with van der Waals surface area (Å²) in [5.41, 5.74) is 1.64. The zero-order valence-corrected chi connectivity index (χ0v) is 14.2. The molecule has 9 heteroatoms. The second kappa shape index (κ2) is 6.21. The largest absolute Gasteiger partial charge is 0.323 e. The van der Waals surface area contributed by atoms with Crippen LogP contribution in [0.4, 0.5) is 5.69 Å². The number of hydrogen-bond donors (Lipinski definition) is 1. The number of anilines is 1. The van der Waals surface area contributed by atoms with Gasteiger partial charge in [-0.2, -0.15) is 0 Å². The molecule has 0 aliphatic rings. The van der Waals surface area contributed by atoms with Crippen LogP contribution in [0.15, 0.2) is 47.4 Å². The molecule has 1 amide bonds. The molecule has 0 unspecified atom stereocenters. The lowest BCUT2D eigenvalue weighted by Gasteiger charge is -2.09. The van der Waals surface area contributed by atoms with Gasteiger partial charge in [0.1, 0.15) is 12.1 Å². The molecule has 2 aromatic carbocycles. The van der Waals surface area contributed by atoms with Gasteiger partial charge in [0.05, 0.1) is 21.1 Å². The van der Waals surface area contributed by atoms with Crippen LogP contribution in [-0.2, 0) is 21.2 Å². The second-order valence-corrected chi connectivity index (χ2v) is 7.62. The third kappa shape index (κ3) is 3.39. The van der Waals surface area contributed by atoms with E-state index in [1.165, 1.54) is 22.9 Å². The molecule has 3 aromatic rings. The number of para-hydroxylation sites is 1. The topological polar surface area (TPSA) is 94.0 Å². The van der Waals surface area contributed by atoms with Crippen LogP contribution in [-0.4, -0.2) is 35.6 Å². The minimum Gasteiger partial charge on any atom is -0.323 e. The summed E-state index contributed by atoms with van der Waals surface area (Å²) < 4.78 is 24.7. The maximum atomic E-state index is 12.2. The number of sulfone groups is 1. The molecule has 0 saturated carbocycles. The molecule has 7 nitrogen and oxygen atoms in total. The summed E-state index contributed by atoms with van der Waals surface area (Å²) in [5.74, 6) is -0.391. The van der Waals surface area contributed by atoms with Gasteiger partial charge in [-0.15, -0.1) is 5.10 Å². The van der Waals surface area contributed by atoms with E-state index >= 15 is 0 Å². The number of nitrogens with one attached hydrogen (secondary N) is 1. The standard InChI is InChI=1S/C15H13ClN4O3S/c1-24(22,23)10-6-7-11(16)13(8-10)17-15(21)9-20-14-5-3-2-4-12(14)18-19-20/h2-8H,9H2,1H3,(H,17,21). The van der Waals surface area contributed by atoms with Gasteiger partial charge in [0, 0.05) is 6.26 Å². The first-order valence-corrected chi connectivity index (χ1v) is 9.19. The van der Waals surface area contributed by atoms with E-state index in [1.807, 2.05) is 12.1 Å². The van der Waals surface area contributed by atoms with Gasteiger partial charge in [-0.25, -0.2) is 13.1 Å². The number of benzene rings is 2. The molecule has 0 bridgehead atoms. The molecule has 0 aliphatic heterocycles. The van der Waals surface area contributed by atoms with E-state index in [2.05, 4.69) is 15.6 Å². The number of nitrogens with zero attached hydrogens (tertiary/aromatic N) is 3. The average molecular weight is 365 g/mol. The number of carbonyl (C=O) groups is 1. The minimum atomic E-state index is -3.39. The first kappa shape index (κ1) is 16.4. The molecule has 0 spiro atoms. The molecule has 0 aliphatic carbocycles. The summed E-state index contributed by atoms with van der Waals surface area (Å²) in [5, 5.41) is 10.8. The lowest BCUT2D eigenvalue weighted by atomic mass is 10.3. The summed E-state index contributed by atoms with van der Waals surface area (Å²) >= 11 is 6.02. The number of fused-ring (bicyclic) bond motifs is 1. The van der Waals surface area contributed by atoms with E-state index in [0.29, 0.717) is 5.52 Å². The number of hydrogen-bond acceptors (Lipinski definition) is 5. The fraction of sp³-hybridized carbons (Fsp3) is 0.133. The van der Waals surface area contributed by atoms with Crippen LogP contribution in [0.2, 0.25) is 5.02 Å². The summed E-state index contributed by atoms with van der Waals surface area (Å²) in [6, 6.07) is 11.4. The van der Waals surface area contributed by atoms with E-state index in [9.17, 15) is 13.2 Å². The lowest BCUT2D eigenvalue weighted by Crippen LogP contribution is -2.20. The molecule has 0 atom stereocenters. The zero-order chi connectivity index (χ0) is 17.3. The Kier molecular flexibility index (Phi) is 4.25. The second-order valence-electron chi connectivity index (χ2n) is 5.20. The molecular formula is C15H13ClN4O3S. The highest BCUT2D eigenvalue weighted by Crippen LogP contribution is 2.25. The fourth-order valence-corrected chi connectivity index (χ4v) is 3.00. The number of halogens is 1. The van der Waals surface area contributed by atoms with Crippen molar-refractivity contribution in [3.63, 3.8) is 0 Å². The van der Waals surface area contributed by atoms with Gasteiger partial charge in [0.25, 0.3) is 0 Å². The van der Waals surface area contributed by atoms with Gasteiger partial charge >= 0.3 is 0 Å². The highest BCUT2D eigenvalue weighted by Gasteiger charge is 2.14. The smallest absolute Gasteiger partial charge is 0.246 e. The Labute approximate surface area is 143 Å². The Morgan fingerprint density at radius 1 is 1.25 bits per heavy atom. The van der Waals surface area contributed by atoms with E-state index in [1.54, 1.807) is 12.1 Å². The maximum Gasteiger partial charge on any atom is 0.246 e. The van der Waals surface area contributed by atoms with Crippen molar-refractivity contribution in [2.75, 3.05) is 11.6 Å². The molecule has 3 rings (SSSR count). The zero-order valence-electron chi connectivity index (χ0n) is 12.6. The average Bonchev–Trinajstić information content (AvgIpc) is 2.91. The quantitative estimate of drug-likeness (QED) is 0.765. The van der Waals surface area contributed by atoms with E-state index < -0.39 is 15.7 Å². The maximum absolute atomic E-state index is 12.2. The van der Waals surface area contributed by atoms with Crippen LogP contribution in [0.25, 0.3) is 11.0 Å². The first-order chi connectivity index (χ1) is 11.3. The van der Waals surface area contributed by atoms with Crippen molar-refractivity contribution in [3.05, 3.63) is 47.5 Å². The van der Waals surface area contributed by atoms with Gasteiger partial charge in [-0.3, -0.25) is 4.79 Å². The minimum absolute atomic E-state index is 0.0695. The van der Waals surface area contributed by atoms with Crippen LogP contribution >= 0.6 is 11.6 Å². The Morgan fingerprint density at radius 3 is 2.75 bits per heavy atom. The van der Waals surface area contributed by atoms with Crippen molar-refractivity contribution in [3.8, 4) is 0 Å². The van der Waals surface area contributed by atoms with Crippen LogP contribution in [0.5, 0.6) is 0 Å². The van der Waals surface area contributed by atoms with Crippen LogP contribution < -0.4 is 5.32 Å². The van der Waals surface area contributed by atoms with Crippen molar-refractivity contribution < 1.29 is 13.2 Å². The van der Waals surface area contributed by atoms with Gasteiger partial charge < -0.3 is 5.32 Å². The van der Waals surface area contributed by atoms with Gasteiger partial charge in [0.15, 0.2) is 9.84 Å². The molecule has 0 fully saturated rings. The number of amides is 1. The summed E-state index contributed by atoms with van der Waals surface area (Å²) in [6.07, 6.45) is 1.09. The van der Waals surface area contributed by atoms with Crippen molar-refractivity contribution in [2.45, 2.75) is 11.4 Å². The molecule has 0 saturated heterocycles. The highest BCUT2D eigenvalue weighted by atomic mass is 35.5. The summed E-state index contributed by atoms with van der Waals surface area (Å²) in [4.78, 5) is 12.3. The van der Waals surface area contributed by atoms with E-state index in [0.717, 1.165) is 11.8 Å². The van der Waals surface area contributed by atoms with Gasteiger partial charge in [0.2, 0.25) is 5.91 Å².